The summed E-state index contributed by atoms with van der Waals surface area (Å²) in [5.41, 5.74) is 2.93. The molecule has 6 rings (SSSR count). The largest absolute Gasteiger partial charge is 1.00 e. The minimum absolute atomic E-state index is 0. The molecular weight excluding hydrogens is 988 g/mol. The predicted molar refractivity (Wildman–Crippen MR) is 248 cm³/mol. The number of para-hydroxylation sites is 2. The number of benzene rings is 2. The maximum atomic E-state index is 14.6. The summed E-state index contributed by atoms with van der Waals surface area (Å²) in [7, 11) is 0. The Morgan fingerprint density at radius 2 is 0.896 bits per heavy atom. The van der Waals surface area contributed by atoms with Gasteiger partial charge in [0, 0.05) is 12.1 Å². The molecule has 4 aliphatic rings. The lowest BCUT2D eigenvalue weighted by atomic mass is 9.84. The number of hydrogen-bond donors (Lipinski definition) is 0. The number of hydrogen-bond acceptors (Lipinski definition) is 8. The quantitative estimate of drug-likeness (QED) is 0.168. The molecule has 6 amide bonds. The Bertz CT molecular complexity index is 2040. The number of urea groups is 2. The molecule has 2 aromatic carbocycles. The Morgan fingerprint density at radius 1 is 0.552 bits per heavy atom. The molecule has 16 nitrogen and oxygen atoms in total. The number of nitro groups is 2. The second-order valence-corrected chi connectivity index (χ2v) is 19.0. The van der Waals surface area contributed by atoms with E-state index in [1.54, 1.807) is 33.4 Å². The van der Waals surface area contributed by atoms with Crippen molar-refractivity contribution in [1.29, 1.82) is 0 Å². The second-order valence-electron chi connectivity index (χ2n) is 19.0. The van der Waals surface area contributed by atoms with Crippen molar-refractivity contribution < 1.29 is 81.1 Å². The predicted octanol–water partition coefficient (Wildman–Crippen LogP) is 2.09. The number of quaternary nitrogens is 2. The van der Waals surface area contributed by atoms with Crippen LogP contribution in [0, 0.1) is 32.1 Å². The van der Waals surface area contributed by atoms with E-state index < -0.39 is 11.8 Å². The van der Waals surface area contributed by atoms with Gasteiger partial charge in [0.05, 0.1) is 97.8 Å². The number of nitrogens with zero attached hydrogens (tertiary/aromatic N) is 8. The summed E-state index contributed by atoms with van der Waals surface area (Å²) in [6.45, 7) is 15.1. The SMILES string of the molecule is CC[N+]1(Cc2ccccc2[N+](=O)[O-])CCCCCN2C(=O)C3CC4C(=O)N(CCCCC[N+](CC)(Cc5ccccc5[N+](=O)[O-])CCCCC[N+](=C3C)C2=O)C(=O)[N+](=C4C)CCCCC1.[Br-].[Br-]. The summed E-state index contributed by atoms with van der Waals surface area (Å²) >= 11 is 0. The van der Waals surface area contributed by atoms with E-state index in [9.17, 15) is 39.4 Å². The fraction of sp³-hybridized carbons (Fsp3) is 0.633. The first-order valence-corrected chi connectivity index (χ1v) is 24.3. The smallest absolute Gasteiger partial charge is 0.500 e. The van der Waals surface area contributed by atoms with Crippen LogP contribution in [0.25, 0.3) is 0 Å². The zero-order chi connectivity index (χ0) is 46.7. The molecule has 368 valence electrons. The fourth-order valence-electron chi connectivity index (χ4n) is 11.0. The number of carbonyl (C=O) groups excluding carboxylic acids is 4. The van der Waals surface area contributed by atoms with Gasteiger partial charge in [-0.1, -0.05) is 24.3 Å². The molecule has 0 aromatic heterocycles. The van der Waals surface area contributed by atoms with Gasteiger partial charge in [0.2, 0.25) is 0 Å². The molecule has 0 saturated heterocycles. The lowest BCUT2D eigenvalue weighted by Crippen LogP contribution is -3.00. The van der Waals surface area contributed by atoms with Crippen molar-refractivity contribution in [3.8, 4) is 0 Å². The van der Waals surface area contributed by atoms with E-state index in [4.69, 9.17) is 0 Å². The van der Waals surface area contributed by atoms with E-state index in [2.05, 4.69) is 13.8 Å². The Hall–Kier alpha value is -4.26. The third kappa shape index (κ3) is 13.1. The lowest BCUT2D eigenvalue weighted by Gasteiger charge is -2.38. The number of amides is 6. The number of halogens is 2. The van der Waals surface area contributed by atoms with E-state index >= 15 is 0 Å². The van der Waals surface area contributed by atoms with Gasteiger partial charge >= 0.3 is 23.9 Å². The maximum Gasteiger partial charge on any atom is 0.500 e. The van der Waals surface area contributed by atoms with E-state index in [1.165, 1.54) is 9.80 Å². The van der Waals surface area contributed by atoms with Gasteiger partial charge in [0.25, 0.3) is 11.4 Å². The zero-order valence-electron chi connectivity index (χ0n) is 40.1. The summed E-state index contributed by atoms with van der Waals surface area (Å²) in [6, 6.07) is 13.3. The van der Waals surface area contributed by atoms with Crippen molar-refractivity contribution in [3.05, 3.63) is 79.9 Å². The molecule has 67 heavy (non-hydrogen) atoms. The van der Waals surface area contributed by atoms with Gasteiger partial charge in [0.15, 0.2) is 0 Å². The Labute approximate surface area is 417 Å². The first-order valence-electron chi connectivity index (χ1n) is 24.3. The average Bonchev–Trinajstić information content (AvgIpc) is 3.29. The highest BCUT2D eigenvalue weighted by atomic mass is 79.9. The van der Waals surface area contributed by atoms with Crippen LogP contribution in [0.4, 0.5) is 21.0 Å². The summed E-state index contributed by atoms with van der Waals surface area (Å²) in [6.07, 6.45) is 9.35. The molecule has 0 spiro atoms. The van der Waals surface area contributed by atoms with Gasteiger partial charge in [-0.2, -0.15) is 28.5 Å². The summed E-state index contributed by atoms with van der Waals surface area (Å²) in [5.74, 6) is -2.04. The molecule has 4 aliphatic heterocycles. The monoisotopic (exact) mass is 1060 g/mol. The molecule has 4 heterocycles. The van der Waals surface area contributed by atoms with Gasteiger partial charge in [-0.15, -0.1) is 0 Å². The van der Waals surface area contributed by atoms with Crippen molar-refractivity contribution in [1.82, 2.24) is 9.80 Å². The van der Waals surface area contributed by atoms with Crippen molar-refractivity contribution in [2.45, 2.75) is 124 Å². The fourth-order valence-corrected chi connectivity index (χ4v) is 11.0. The van der Waals surface area contributed by atoms with Gasteiger partial charge in [0.1, 0.15) is 24.9 Å². The normalized spacial score (nSPS) is 25.6. The first-order chi connectivity index (χ1) is 31.2. The number of rotatable bonds is 8. The number of imide groups is 2. The van der Waals surface area contributed by atoms with Gasteiger partial charge < -0.3 is 42.9 Å². The van der Waals surface area contributed by atoms with E-state index in [1.807, 2.05) is 38.1 Å². The van der Waals surface area contributed by atoms with Crippen LogP contribution in [0.1, 0.15) is 122 Å². The van der Waals surface area contributed by atoms with Crippen molar-refractivity contribution in [3.63, 3.8) is 0 Å². The molecule has 6 bridgehead atoms. The van der Waals surface area contributed by atoms with Gasteiger partial charge in [-0.25, -0.2) is 9.59 Å². The van der Waals surface area contributed by atoms with Crippen LogP contribution >= 0.6 is 0 Å². The van der Waals surface area contributed by atoms with Gasteiger partial charge in [-0.05, 0) is 123 Å². The molecule has 2 aromatic rings. The molecular formula is C49H72Br2N8O8+2. The summed E-state index contributed by atoms with van der Waals surface area (Å²) < 4.78 is 4.83. The van der Waals surface area contributed by atoms with Crippen LogP contribution in [-0.4, -0.2) is 139 Å². The molecule has 4 atom stereocenters. The Balaban J connectivity index is 0.00000490. The Kier molecular flexibility index (Phi) is 21.0. The van der Waals surface area contributed by atoms with Crippen LogP contribution in [0.15, 0.2) is 48.5 Å². The number of fused-ring (bicyclic) bond motifs is 2. The highest BCUT2D eigenvalue weighted by Gasteiger charge is 2.52. The van der Waals surface area contributed by atoms with E-state index in [0.29, 0.717) is 83.4 Å². The minimum Gasteiger partial charge on any atom is -1.00 e. The molecule has 0 saturated carbocycles. The number of carbonyl (C=O) groups is 4. The minimum atomic E-state index is -0.719. The number of nitro benzene ring substituents is 2. The van der Waals surface area contributed by atoms with Crippen LogP contribution in [0.3, 0.4) is 0 Å². The molecule has 0 fully saturated rings. The van der Waals surface area contributed by atoms with Crippen LogP contribution in [-0.2, 0) is 22.7 Å². The Morgan fingerprint density at radius 3 is 1.24 bits per heavy atom. The molecule has 4 unspecified atom stereocenters. The highest BCUT2D eigenvalue weighted by Crippen LogP contribution is 2.31. The van der Waals surface area contributed by atoms with E-state index in [-0.39, 0.29) is 98.6 Å². The van der Waals surface area contributed by atoms with Crippen LogP contribution in [0.5, 0.6) is 0 Å². The molecule has 18 heteroatoms. The van der Waals surface area contributed by atoms with Crippen molar-refractivity contribution in [2.75, 3.05) is 65.4 Å². The van der Waals surface area contributed by atoms with E-state index in [0.717, 1.165) is 90.6 Å². The van der Waals surface area contributed by atoms with Crippen LogP contribution in [0.2, 0.25) is 0 Å². The molecule has 0 radical (unpaired) electrons. The topological polar surface area (TPSA) is 167 Å². The molecule has 0 N–H and O–H groups in total. The van der Waals surface area contributed by atoms with Crippen molar-refractivity contribution in [2.24, 2.45) is 11.8 Å². The third-order valence-electron chi connectivity index (χ3n) is 15.2. The van der Waals surface area contributed by atoms with Crippen LogP contribution < -0.4 is 34.0 Å². The summed E-state index contributed by atoms with van der Waals surface area (Å²) in [4.78, 5) is 84.3. The average molecular weight is 1060 g/mol. The lowest BCUT2D eigenvalue weighted by molar-refractivity contribution is -0.939. The highest BCUT2D eigenvalue weighted by molar-refractivity contribution is 6.13. The molecule has 0 aliphatic carbocycles. The van der Waals surface area contributed by atoms with Crippen molar-refractivity contribution >= 4 is 46.7 Å². The third-order valence-corrected chi connectivity index (χ3v) is 15.2. The maximum absolute atomic E-state index is 14.6. The summed E-state index contributed by atoms with van der Waals surface area (Å²) in [5, 5.41) is 24.1. The zero-order valence-corrected chi connectivity index (χ0v) is 43.2. The first kappa shape index (κ1) is 55.3. The van der Waals surface area contributed by atoms with Gasteiger partial charge in [-0.3, -0.25) is 20.2 Å². The standard InChI is InChI=1S/C49H72N8O8.2BrH/c1-5-56(36-40-23-11-13-25-44(40)54(62)63)31-19-7-15-27-50-38(3)42-35-43-39(4)51(49(61)52(46(43)58)29-17-9-21-33-56)28-16-8-20-32-57(6-2,37-41-24-12-14-26-45(41)55(64)65)34-22-10-18-30-53(47(42)59)48(50)60;;/h11-14,23-26,42-43H,5-10,15-22,27-37H2,1-4H3;2*1H/q+4;;/p-2. The second kappa shape index (κ2) is 25.4.